The van der Waals surface area contributed by atoms with Gasteiger partial charge in [0.1, 0.15) is 24.4 Å². The minimum absolute atomic E-state index is 0.195. The van der Waals surface area contributed by atoms with Crippen LogP contribution in [0.15, 0.2) is 72.9 Å². The van der Waals surface area contributed by atoms with Crippen molar-refractivity contribution in [2.45, 2.75) is 269 Å². The fourth-order valence-corrected chi connectivity index (χ4v) is 8.14. The molecule has 7 atom stereocenters. The van der Waals surface area contributed by atoms with Crippen molar-refractivity contribution in [1.29, 1.82) is 0 Å². The van der Waals surface area contributed by atoms with Crippen LogP contribution in [-0.4, -0.2) is 87.5 Å². The predicted octanol–water partition coefficient (Wildman–Crippen LogP) is 12.9. The average molecular weight is 928 g/mol. The molecule has 9 heteroatoms. The lowest BCUT2D eigenvalue weighted by Gasteiger charge is -2.40. The Morgan fingerprint density at radius 1 is 0.515 bits per heavy atom. The van der Waals surface area contributed by atoms with Crippen LogP contribution in [0.5, 0.6) is 0 Å². The number of amides is 1. The summed E-state index contributed by atoms with van der Waals surface area (Å²) in [5.74, 6) is -0.195. The number of unbranched alkanes of at least 4 members (excludes halogenated alkanes) is 25. The average Bonchev–Trinajstić information content (AvgIpc) is 3.32. The van der Waals surface area contributed by atoms with Crippen LogP contribution in [0, 0.1) is 0 Å². The van der Waals surface area contributed by atoms with Crippen LogP contribution in [0.1, 0.15) is 226 Å². The molecular formula is C57H101NO8. The second kappa shape index (κ2) is 46.4. The van der Waals surface area contributed by atoms with E-state index in [0.29, 0.717) is 6.42 Å². The van der Waals surface area contributed by atoms with Crippen LogP contribution in [-0.2, 0) is 14.3 Å². The third-order valence-electron chi connectivity index (χ3n) is 12.5. The van der Waals surface area contributed by atoms with Crippen molar-refractivity contribution in [2.75, 3.05) is 13.2 Å². The van der Waals surface area contributed by atoms with Gasteiger partial charge in [-0.1, -0.05) is 209 Å². The van der Waals surface area contributed by atoms with Gasteiger partial charge in [-0.05, 0) is 83.5 Å². The van der Waals surface area contributed by atoms with Gasteiger partial charge in [0.2, 0.25) is 5.91 Å². The molecule has 66 heavy (non-hydrogen) atoms. The molecule has 1 aliphatic rings. The minimum atomic E-state index is -1.58. The Morgan fingerprint density at radius 3 is 1.38 bits per heavy atom. The second-order valence-electron chi connectivity index (χ2n) is 18.6. The number of rotatable bonds is 45. The number of aliphatic hydroxyl groups is 5. The maximum Gasteiger partial charge on any atom is 0.220 e. The molecule has 382 valence electrons. The quantitative estimate of drug-likeness (QED) is 0.0261. The Bertz CT molecular complexity index is 1260. The molecule has 1 amide bonds. The largest absolute Gasteiger partial charge is 0.394 e. The highest BCUT2D eigenvalue weighted by Crippen LogP contribution is 2.23. The molecule has 0 bridgehead atoms. The monoisotopic (exact) mass is 928 g/mol. The van der Waals surface area contributed by atoms with Crippen molar-refractivity contribution >= 4 is 5.91 Å². The third-order valence-corrected chi connectivity index (χ3v) is 12.5. The molecule has 0 spiro atoms. The Morgan fingerprint density at radius 2 is 0.909 bits per heavy atom. The minimum Gasteiger partial charge on any atom is -0.394 e. The van der Waals surface area contributed by atoms with Crippen LogP contribution in [0.25, 0.3) is 0 Å². The smallest absolute Gasteiger partial charge is 0.220 e. The fourth-order valence-electron chi connectivity index (χ4n) is 8.14. The summed E-state index contributed by atoms with van der Waals surface area (Å²) in [4.78, 5) is 13.0. The number of allylic oxidation sites excluding steroid dienone is 11. The normalized spacial score (nSPS) is 20.4. The number of nitrogens with one attached hydrogen (secondary N) is 1. The van der Waals surface area contributed by atoms with E-state index in [0.717, 1.165) is 64.2 Å². The summed E-state index contributed by atoms with van der Waals surface area (Å²) in [5, 5.41) is 54.3. The van der Waals surface area contributed by atoms with E-state index >= 15 is 0 Å². The van der Waals surface area contributed by atoms with Crippen LogP contribution in [0.4, 0.5) is 0 Å². The summed E-state index contributed by atoms with van der Waals surface area (Å²) in [7, 11) is 0. The van der Waals surface area contributed by atoms with E-state index in [1.165, 1.54) is 141 Å². The van der Waals surface area contributed by atoms with Gasteiger partial charge in [-0.2, -0.15) is 0 Å². The molecule has 1 rings (SSSR count). The standard InChI is InChI=1S/C57H101NO8/c1-3-5-7-9-11-13-15-17-19-21-22-23-24-25-26-27-28-29-30-31-33-35-37-39-41-43-45-47-53(61)58-50(49-65-57-56(64)55(63)54(62)52(48-59)66-57)51(60)46-44-42-40-38-36-34-32-20-18-16-14-12-10-8-6-4-2/h15,17-18,20-22,24-25,36,38,44,46,50-52,54-57,59-60,62-64H,3-14,16,19,23,26-35,37,39-43,45,47-49H2,1-2H3,(H,58,61)/b17-15-,20-18+,22-21-,25-24-,38-36+,46-44+. The van der Waals surface area contributed by atoms with Gasteiger partial charge in [-0.25, -0.2) is 0 Å². The fraction of sp³-hybridized carbons (Fsp3) is 0.772. The molecular weight excluding hydrogens is 827 g/mol. The van der Waals surface area contributed by atoms with Crippen LogP contribution in [0.3, 0.4) is 0 Å². The van der Waals surface area contributed by atoms with Crippen molar-refractivity contribution in [2.24, 2.45) is 0 Å². The molecule has 0 aliphatic carbocycles. The van der Waals surface area contributed by atoms with Crippen molar-refractivity contribution in [1.82, 2.24) is 5.32 Å². The Balaban J connectivity index is 2.26. The molecule has 0 saturated carbocycles. The van der Waals surface area contributed by atoms with E-state index in [-0.39, 0.29) is 12.5 Å². The SMILES string of the molecule is CCCCCCC/C=C\C/C=C\C/C=C\CCCCCCCCCCCCCCC(=O)NC(COC1OC(CO)C(O)C(O)C1O)C(O)/C=C/CC/C=C/CC/C=C/CCCCCCCC. The zero-order valence-corrected chi connectivity index (χ0v) is 42.2. The van der Waals surface area contributed by atoms with Crippen LogP contribution in [0.2, 0.25) is 0 Å². The highest BCUT2D eigenvalue weighted by molar-refractivity contribution is 5.76. The number of carbonyl (C=O) groups excluding carboxylic acids is 1. The first-order valence-electron chi connectivity index (χ1n) is 27.2. The van der Waals surface area contributed by atoms with Crippen molar-refractivity contribution in [3.05, 3.63) is 72.9 Å². The number of ether oxygens (including phenoxy) is 2. The van der Waals surface area contributed by atoms with E-state index in [1.54, 1.807) is 6.08 Å². The van der Waals surface area contributed by atoms with Gasteiger partial charge in [0, 0.05) is 6.42 Å². The topological polar surface area (TPSA) is 149 Å². The highest BCUT2D eigenvalue weighted by Gasteiger charge is 2.44. The summed E-state index contributed by atoms with van der Waals surface area (Å²) >= 11 is 0. The van der Waals surface area contributed by atoms with Crippen LogP contribution < -0.4 is 5.32 Å². The summed E-state index contributed by atoms with van der Waals surface area (Å²) in [6, 6.07) is -0.832. The molecule has 0 aromatic heterocycles. The molecule has 6 N–H and O–H groups in total. The first kappa shape index (κ1) is 61.6. The van der Waals surface area contributed by atoms with E-state index in [1.807, 2.05) is 6.08 Å². The number of hydrogen-bond donors (Lipinski definition) is 6. The van der Waals surface area contributed by atoms with Gasteiger partial charge in [0.25, 0.3) is 0 Å². The molecule has 0 radical (unpaired) electrons. The lowest BCUT2D eigenvalue weighted by atomic mass is 9.99. The molecule has 1 fully saturated rings. The van der Waals surface area contributed by atoms with Crippen molar-refractivity contribution in [3.8, 4) is 0 Å². The first-order chi connectivity index (χ1) is 32.3. The molecule has 1 saturated heterocycles. The first-order valence-corrected chi connectivity index (χ1v) is 27.2. The summed E-state index contributed by atoms with van der Waals surface area (Å²) in [6.07, 6.45) is 56.7. The molecule has 1 heterocycles. The molecule has 1 aliphatic heterocycles. The zero-order chi connectivity index (χ0) is 48.0. The van der Waals surface area contributed by atoms with Crippen LogP contribution >= 0.6 is 0 Å². The number of aliphatic hydroxyl groups excluding tert-OH is 5. The van der Waals surface area contributed by atoms with Crippen molar-refractivity contribution in [3.63, 3.8) is 0 Å². The van der Waals surface area contributed by atoms with Gasteiger partial charge in [0.05, 0.1) is 25.4 Å². The summed E-state index contributed by atoms with van der Waals surface area (Å²) < 4.78 is 11.2. The Hall–Kier alpha value is -2.37. The lowest BCUT2D eigenvalue weighted by molar-refractivity contribution is -0.302. The maximum atomic E-state index is 13.0. The second-order valence-corrected chi connectivity index (χ2v) is 18.6. The van der Waals surface area contributed by atoms with Gasteiger partial charge in [-0.3, -0.25) is 4.79 Å². The maximum absolute atomic E-state index is 13.0. The van der Waals surface area contributed by atoms with Gasteiger partial charge >= 0.3 is 0 Å². The van der Waals surface area contributed by atoms with E-state index in [9.17, 15) is 30.3 Å². The van der Waals surface area contributed by atoms with E-state index < -0.39 is 49.5 Å². The van der Waals surface area contributed by atoms with Gasteiger partial charge in [0.15, 0.2) is 6.29 Å². The number of carbonyl (C=O) groups is 1. The third kappa shape index (κ3) is 35.7. The molecule has 0 aromatic carbocycles. The molecule has 7 unspecified atom stereocenters. The Kier molecular flexibility index (Phi) is 43.3. The van der Waals surface area contributed by atoms with E-state index in [2.05, 4.69) is 79.9 Å². The Labute approximate surface area is 404 Å². The number of hydrogen-bond acceptors (Lipinski definition) is 8. The predicted molar refractivity (Wildman–Crippen MR) is 276 cm³/mol. The molecule has 0 aromatic rings. The van der Waals surface area contributed by atoms with Gasteiger partial charge < -0.3 is 40.3 Å². The van der Waals surface area contributed by atoms with E-state index in [4.69, 9.17) is 9.47 Å². The molecule has 9 nitrogen and oxygen atoms in total. The lowest BCUT2D eigenvalue weighted by Crippen LogP contribution is -2.60. The highest BCUT2D eigenvalue weighted by atomic mass is 16.7. The summed E-state index contributed by atoms with van der Waals surface area (Å²) in [6.45, 7) is 3.73. The summed E-state index contributed by atoms with van der Waals surface area (Å²) in [5.41, 5.74) is 0. The van der Waals surface area contributed by atoms with Crippen molar-refractivity contribution < 1.29 is 39.8 Å². The zero-order valence-electron chi connectivity index (χ0n) is 42.2. The van der Waals surface area contributed by atoms with Gasteiger partial charge in [-0.15, -0.1) is 0 Å².